The van der Waals surface area contributed by atoms with Gasteiger partial charge < -0.3 is 16.0 Å². The molecule has 1 saturated heterocycles. The van der Waals surface area contributed by atoms with Gasteiger partial charge in [0.25, 0.3) is 0 Å². The van der Waals surface area contributed by atoms with Gasteiger partial charge in [-0.1, -0.05) is 0 Å². The summed E-state index contributed by atoms with van der Waals surface area (Å²) >= 11 is 1.66. The van der Waals surface area contributed by atoms with E-state index in [0.717, 1.165) is 35.4 Å². The van der Waals surface area contributed by atoms with Crippen LogP contribution in [0.15, 0.2) is 6.07 Å². The molecule has 7 heteroatoms. The molecule has 2 aromatic rings. The summed E-state index contributed by atoms with van der Waals surface area (Å²) in [4.78, 5) is 24.9. The van der Waals surface area contributed by atoms with Gasteiger partial charge >= 0.3 is 0 Å². The summed E-state index contributed by atoms with van der Waals surface area (Å²) in [5.41, 5.74) is 5.47. The number of primary amides is 1. The van der Waals surface area contributed by atoms with Crippen molar-refractivity contribution in [2.75, 3.05) is 30.4 Å². The Kier molecular flexibility index (Phi) is 3.67. The number of nitrogens with two attached hydrogens (primary N) is 1. The molecule has 1 fully saturated rings. The Morgan fingerprint density at radius 1 is 1.52 bits per heavy atom. The highest BCUT2D eigenvalue weighted by Gasteiger charge is 2.26. The van der Waals surface area contributed by atoms with E-state index in [1.54, 1.807) is 11.3 Å². The summed E-state index contributed by atoms with van der Waals surface area (Å²) in [6.07, 6.45) is 1.82. The maximum Gasteiger partial charge on any atom is 0.225 e. The molecule has 3 heterocycles. The van der Waals surface area contributed by atoms with E-state index in [4.69, 9.17) is 5.73 Å². The van der Waals surface area contributed by atoms with Gasteiger partial charge in [-0.05, 0) is 25.8 Å². The zero-order valence-corrected chi connectivity index (χ0v) is 13.0. The van der Waals surface area contributed by atoms with Crippen LogP contribution in [0.4, 0.5) is 11.8 Å². The molecule has 3 rings (SSSR count). The van der Waals surface area contributed by atoms with Gasteiger partial charge in [-0.15, -0.1) is 11.3 Å². The molecule has 0 spiro atoms. The van der Waals surface area contributed by atoms with Gasteiger partial charge in [0.05, 0.1) is 11.3 Å². The van der Waals surface area contributed by atoms with Crippen LogP contribution in [0.2, 0.25) is 0 Å². The number of anilines is 2. The van der Waals surface area contributed by atoms with Gasteiger partial charge in [0.1, 0.15) is 10.6 Å². The van der Waals surface area contributed by atoms with Crippen LogP contribution in [-0.4, -0.2) is 36.0 Å². The van der Waals surface area contributed by atoms with Gasteiger partial charge in [0, 0.05) is 25.0 Å². The standard InChI is InChI=1S/C14H19N5OS/c1-8-6-10-12(17-14(16-2)18-13(10)21-8)19-5-3-4-9(7-19)11(15)20/h6,9H,3-5,7H2,1-2H3,(H2,15,20)(H,16,17,18). The summed E-state index contributed by atoms with van der Waals surface area (Å²) in [5, 5.41) is 4.07. The van der Waals surface area contributed by atoms with Gasteiger partial charge in [0.2, 0.25) is 11.9 Å². The van der Waals surface area contributed by atoms with Crippen molar-refractivity contribution in [3.63, 3.8) is 0 Å². The highest BCUT2D eigenvalue weighted by Crippen LogP contribution is 2.33. The Hall–Kier alpha value is -1.89. The molecule has 0 radical (unpaired) electrons. The molecule has 0 aliphatic carbocycles. The minimum atomic E-state index is -0.222. The summed E-state index contributed by atoms with van der Waals surface area (Å²) in [6, 6.07) is 2.11. The monoisotopic (exact) mass is 305 g/mol. The third kappa shape index (κ3) is 2.65. The average molecular weight is 305 g/mol. The zero-order chi connectivity index (χ0) is 15.0. The van der Waals surface area contributed by atoms with Crippen LogP contribution in [0.5, 0.6) is 0 Å². The number of rotatable bonds is 3. The number of hydrogen-bond donors (Lipinski definition) is 2. The van der Waals surface area contributed by atoms with Crippen LogP contribution in [0.3, 0.4) is 0 Å². The molecule has 1 aliphatic heterocycles. The quantitative estimate of drug-likeness (QED) is 0.902. The predicted octanol–water partition coefficient (Wildman–Crippen LogP) is 1.74. The maximum atomic E-state index is 11.5. The smallest absolute Gasteiger partial charge is 0.225 e. The lowest BCUT2D eigenvalue weighted by molar-refractivity contribution is -0.122. The first-order valence-corrected chi connectivity index (χ1v) is 7.90. The summed E-state index contributed by atoms with van der Waals surface area (Å²) in [7, 11) is 1.81. The van der Waals surface area contributed by atoms with Crippen molar-refractivity contribution in [1.29, 1.82) is 0 Å². The molecule has 1 amide bonds. The van der Waals surface area contributed by atoms with Crippen molar-refractivity contribution in [2.24, 2.45) is 11.7 Å². The number of fused-ring (bicyclic) bond motifs is 1. The number of nitrogens with zero attached hydrogens (tertiary/aromatic N) is 3. The van der Waals surface area contributed by atoms with Crippen molar-refractivity contribution >= 4 is 39.2 Å². The van der Waals surface area contributed by atoms with Crippen molar-refractivity contribution in [3.8, 4) is 0 Å². The molecule has 0 aromatic carbocycles. The Balaban J connectivity index is 2.03. The molecule has 112 valence electrons. The number of carbonyl (C=O) groups excluding carboxylic acids is 1. The van der Waals surface area contributed by atoms with E-state index in [0.29, 0.717) is 12.5 Å². The lowest BCUT2D eigenvalue weighted by Gasteiger charge is -2.32. The molecular formula is C14H19N5OS. The van der Waals surface area contributed by atoms with Crippen LogP contribution < -0.4 is 16.0 Å². The first kappa shape index (κ1) is 14.1. The maximum absolute atomic E-state index is 11.5. The van der Waals surface area contributed by atoms with E-state index < -0.39 is 0 Å². The van der Waals surface area contributed by atoms with Crippen molar-refractivity contribution in [1.82, 2.24) is 9.97 Å². The van der Waals surface area contributed by atoms with Crippen molar-refractivity contribution < 1.29 is 4.79 Å². The van der Waals surface area contributed by atoms with Gasteiger partial charge in [-0.3, -0.25) is 4.79 Å². The summed E-state index contributed by atoms with van der Waals surface area (Å²) < 4.78 is 0. The van der Waals surface area contributed by atoms with E-state index in [2.05, 4.69) is 33.2 Å². The number of nitrogens with one attached hydrogen (secondary N) is 1. The predicted molar refractivity (Wildman–Crippen MR) is 85.8 cm³/mol. The van der Waals surface area contributed by atoms with E-state index in [9.17, 15) is 4.79 Å². The number of hydrogen-bond acceptors (Lipinski definition) is 6. The minimum absolute atomic E-state index is 0.0958. The van der Waals surface area contributed by atoms with Crippen LogP contribution in [0, 0.1) is 12.8 Å². The van der Waals surface area contributed by atoms with Gasteiger partial charge in [0.15, 0.2) is 0 Å². The third-order valence-electron chi connectivity index (χ3n) is 3.84. The lowest BCUT2D eigenvalue weighted by atomic mass is 9.97. The van der Waals surface area contributed by atoms with E-state index in [-0.39, 0.29) is 11.8 Å². The Labute approximate surface area is 127 Å². The molecule has 0 saturated carbocycles. The normalized spacial score (nSPS) is 19.0. The lowest BCUT2D eigenvalue weighted by Crippen LogP contribution is -2.41. The average Bonchev–Trinajstić information content (AvgIpc) is 2.86. The van der Waals surface area contributed by atoms with Crippen LogP contribution in [0.25, 0.3) is 10.2 Å². The second kappa shape index (κ2) is 5.48. The molecule has 1 aliphatic rings. The van der Waals surface area contributed by atoms with Gasteiger partial charge in [-0.25, -0.2) is 4.98 Å². The molecule has 3 N–H and O–H groups in total. The summed E-state index contributed by atoms with van der Waals surface area (Å²) in [6.45, 7) is 3.60. The highest BCUT2D eigenvalue weighted by molar-refractivity contribution is 7.18. The second-order valence-electron chi connectivity index (χ2n) is 5.38. The van der Waals surface area contributed by atoms with E-state index in [1.165, 1.54) is 4.88 Å². The second-order valence-corrected chi connectivity index (χ2v) is 6.62. The van der Waals surface area contributed by atoms with Gasteiger partial charge in [-0.2, -0.15) is 4.98 Å². The summed E-state index contributed by atoms with van der Waals surface area (Å²) in [5.74, 6) is 1.20. The zero-order valence-electron chi connectivity index (χ0n) is 12.2. The molecule has 1 atom stereocenters. The fourth-order valence-electron chi connectivity index (χ4n) is 2.78. The van der Waals surface area contributed by atoms with Crippen molar-refractivity contribution in [2.45, 2.75) is 19.8 Å². The highest BCUT2D eigenvalue weighted by atomic mass is 32.1. The van der Waals surface area contributed by atoms with E-state index in [1.807, 2.05) is 7.05 Å². The SMILES string of the molecule is CNc1nc(N2CCCC(C(N)=O)C2)c2cc(C)sc2n1. The fourth-order valence-corrected chi connectivity index (χ4v) is 3.66. The molecule has 0 bridgehead atoms. The Bertz CT molecular complexity index is 683. The molecule has 2 aromatic heterocycles. The number of carbonyl (C=O) groups is 1. The first-order valence-electron chi connectivity index (χ1n) is 7.08. The molecule has 21 heavy (non-hydrogen) atoms. The topological polar surface area (TPSA) is 84.1 Å². The number of thiophene rings is 1. The molecule has 6 nitrogen and oxygen atoms in total. The van der Waals surface area contributed by atoms with Crippen molar-refractivity contribution in [3.05, 3.63) is 10.9 Å². The number of aryl methyl sites for hydroxylation is 1. The number of amides is 1. The van der Waals surface area contributed by atoms with E-state index >= 15 is 0 Å². The molecular weight excluding hydrogens is 286 g/mol. The molecule has 1 unspecified atom stereocenters. The van der Waals surface area contributed by atoms with Crippen LogP contribution >= 0.6 is 11.3 Å². The first-order chi connectivity index (χ1) is 10.1. The van der Waals surface area contributed by atoms with Crippen LogP contribution in [-0.2, 0) is 4.79 Å². The number of aromatic nitrogens is 2. The minimum Gasteiger partial charge on any atom is -0.369 e. The third-order valence-corrected chi connectivity index (χ3v) is 4.79. The Morgan fingerprint density at radius 2 is 2.33 bits per heavy atom. The largest absolute Gasteiger partial charge is 0.369 e. The van der Waals surface area contributed by atoms with Crippen LogP contribution in [0.1, 0.15) is 17.7 Å². The fraction of sp³-hybridized carbons (Fsp3) is 0.500. The number of piperidine rings is 1. The Morgan fingerprint density at radius 3 is 3.05 bits per heavy atom.